The van der Waals surface area contributed by atoms with Crippen molar-refractivity contribution in [2.24, 2.45) is 11.3 Å². The van der Waals surface area contributed by atoms with Gasteiger partial charge in [0.05, 0.1) is 18.5 Å². The molecule has 4 N–H and O–H groups in total. The number of nitrogens with zero attached hydrogens (tertiary/aromatic N) is 4. The molecule has 2 heterocycles. The Morgan fingerprint density at radius 1 is 1.08 bits per heavy atom. The van der Waals surface area contributed by atoms with E-state index < -0.39 is 17.2 Å². The lowest BCUT2D eigenvalue weighted by atomic mass is 10.2. The summed E-state index contributed by atoms with van der Waals surface area (Å²) in [6.07, 6.45) is 3.62. The third-order valence-corrected chi connectivity index (χ3v) is 7.74. The first kappa shape index (κ1) is 26.4. The van der Waals surface area contributed by atoms with Crippen molar-refractivity contribution in [1.29, 1.82) is 0 Å². The molecule has 12 heteroatoms. The Hall–Kier alpha value is -3.19. The molecule has 38 heavy (non-hydrogen) atoms. The van der Waals surface area contributed by atoms with Crippen LogP contribution in [0.25, 0.3) is 5.69 Å². The van der Waals surface area contributed by atoms with Crippen molar-refractivity contribution in [2.75, 3.05) is 43.1 Å². The van der Waals surface area contributed by atoms with Gasteiger partial charge in [0.2, 0.25) is 5.75 Å². The van der Waals surface area contributed by atoms with Crippen LogP contribution in [0.4, 0.5) is 20.2 Å². The van der Waals surface area contributed by atoms with E-state index >= 15 is 0 Å². The Kier molecular flexibility index (Phi) is 7.84. The molecule has 0 atom stereocenters. The zero-order valence-electron chi connectivity index (χ0n) is 21.1. The van der Waals surface area contributed by atoms with E-state index in [2.05, 4.69) is 31.4 Å². The predicted octanol–water partition coefficient (Wildman–Crippen LogP) is 3.45. The van der Waals surface area contributed by atoms with E-state index in [4.69, 9.17) is 10.6 Å². The Bertz CT molecular complexity index is 1310. The molecule has 0 amide bonds. The van der Waals surface area contributed by atoms with Gasteiger partial charge in [-0.3, -0.25) is 10.6 Å². The lowest BCUT2D eigenvalue weighted by Crippen LogP contribution is -2.45. The molecule has 1 aromatic heterocycles. The van der Waals surface area contributed by atoms with Crippen molar-refractivity contribution in [1.82, 2.24) is 18.8 Å². The fourth-order valence-corrected chi connectivity index (χ4v) is 4.95. The van der Waals surface area contributed by atoms with Crippen molar-refractivity contribution in [3.8, 4) is 11.4 Å². The maximum absolute atomic E-state index is 13.8. The molecule has 1 aliphatic carbocycles. The molecule has 2 fully saturated rings. The third-order valence-electron chi connectivity index (χ3n) is 6.85. The second-order valence-electron chi connectivity index (χ2n) is 9.97. The summed E-state index contributed by atoms with van der Waals surface area (Å²) < 4.78 is 40.4. The van der Waals surface area contributed by atoms with Crippen LogP contribution < -0.4 is 31.2 Å². The van der Waals surface area contributed by atoms with Gasteiger partial charge in [0.1, 0.15) is 17.3 Å². The van der Waals surface area contributed by atoms with Crippen molar-refractivity contribution < 1.29 is 13.5 Å². The Morgan fingerprint density at radius 3 is 2.39 bits per heavy atom. The molecule has 1 saturated carbocycles. The minimum absolute atomic E-state index is 0.0164. The molecule has 2 aromatic carbocycles. The lowest BCUT2D eigenvalue weighted by Gasteiger charge is -2.35. The minimum atomic E-state index is -0.780. The van der Waals surface area contributed by atoms with Crippen LogP contribution in [0.2, 0.25) is 0 Å². The molecular formula is C26H31F2N7O2S. The van der Waals surface area contributed by atoms with Gasteiger partial charge < -0.3 is 15.1 Å². The van der Waals surface area contributed by atoms with Crippen LogP contribution in [0.1, 0.15) is 25.3 Å². The number of nitrogen functional groups attached to an aromatic ring is 1. The number of benzene rings is 2. The summed E-state index contributed by atoms with van der Waals surface area (Å²) in [4.78, 5) is 15.5. The molecule has 9 nitrogen and oxygen atoms in total. The molecule has 1 saturated heterocycles. The van der Waals surface area contributed by atoms with E-state index in [1.54, 1.807) is 18.3 Å². The molecule has 3 aromatic rings. The lowest BCUT2D eigenvalue weighted by molar-refractivity contribution is 0.242. The quantitative estimate of drug-likeness (QED) is 0.202. The zero-order valence-corrected chi connectivity index (χ0v) is 21.9. The van der Waals surface area contributed by atoms with Crippen LogP contribution >= 0.6 is 12.1 Å². The number of hydrogen-bond donors (Lipinski definition) is 3. The van der Waals surface area contributed by atoms with Crippen LogP contribution in [-0.4, -0.2) is 46.9 Å². The van der Waals surface area contributed by atoms with Gasteiger partial charge in [0.25, 0.3) is 0 Å². The highest BCUT2D eigenvalue weighted by Crippen LogP contribution is 2.45. The predicted molar refractivity (Wildman–Crippen MR) is 145 cm³/mol. The normalized spacial score (nSPS) is 16.9. The molecule has 2 aliphatic rings. The van der Waals surface area contributed by atoms with Gasteiger partial charge >= 0.3 is 5.56 Å². The molecule has 0 unspecified atom stereocenters. The van der Waals surface area contributed by atoms with Crippen molar-refractivity contribution in [3.63, 3.8) is 0 Å². The maximum Gasteiger partial charge on any atom is 0.316 e. The number of nitrogens with two attached hydrogens (primary N) is 1. The summed E-state index contributed by atoms with van der Waals surface area (Å²) in [6, 6.07) is 10.8. The average molecular weight is 544 g/mol. The summed E-state index contributed by atoms with van der Waals surface area (Å²) >= 11 is 1.56. The van der Waals surface area contributed by atoms with E-state index in [1.807, 2.05) is 24.3 Å². The number of halogens is 2. The van der Waals surface area contributed by atoms with Gasteiger partial charge in [-0.05, 0) is 42.7 Å². The molecule has 0 spiro atoms. The molecule has 5 rings (SSSR count). The topological polar surface area (TPSA) is 101 Å². The first-order chi connectivity index (χ1) is 18.3. The second-order valence-corrected chi connectivity index (χ2v) is 11.0. The fourth-order valence-electron chi connectivity index (χ4n) is 4.19. The van der Waals surface area contributed by atoms with Crippen LogP contribution in [0.15, 0.2) is 53.5 Å². The van der Waals surface area contributed by atoms with Crippen molar-refractivity contribution >= 4 is 23.5 Å². The summed E-state index contributed by atoms with van der Waals surface area (Å²) in [5, 5.41) is 4.25. The zero-order chi connectivity index (χ0) is 26.7. The summed E-state index contributed by atoms with van der Waals surface area (Å²) in [6.45, 7) is 6.05. The summed E-state index contributed by atoms with van der Waals surface area (Å²) in [5.41, 5.74) is 4.74. The van der Waals surface area contributed by atoms with Crippen molar-refractivity contribution in [2.45, 2.75) is 26.3 Å². The number of hydrogen-bond acceptors (Lipinski definition) is 9. The Labute approximate surface area is 224 Å². The Balaban J connectivity index is 1.26. The largest absolute Gasteiger partial charge is 0.486 e. The first-order valence-corrected chi connectivity index (χ1v) is 13.3. The molecule has 202 valence electrons. The minimum Gasteiger partial charge on any atom is -0.486 e. The van der Waals surface area contributed by atoms with E-state index in [1.165, 1.54) is 0 Å². The van der Waals surface area contributed by atoms with E-state index in [9.17, 15) is 13.6 Å². The fraction of sp³-hybridized carbons (Fsp3) is 0.385. The maximum atomic E-state index is 13.8. The van der Waals surface area contributed by atoms with E-state index in [-0.39, 0.29) is 16.9 Å². The molecule has 0 bridgehead atoms. The highest BCUT2D eigenvalue weighted by molar-refractivity contribution is 7.95. The highest BCUT2D eigenvalue weighted by atomic mass is 32.2. The molecule has 1 aliphatic heterocycles. The average Bonchev–Trinajstić information content (AvgIpc) is 3.65. The van der Waals surface area contributed by atoms with Gasteiger partial charge in [-0.2, -0.15) is 9.78 Å². The van der Waals surface area contributed by atoms with Gasteiger partial charge in [-0.25, -0.2) is 17.8 Å². The van der Waals surface area contributed by atoms with E-state index in [0.29, 0.717) is 31.9 Å². The first-order valence-electron chi connectivity index (χ1n) is 12.5. The highest BCUT2D eigenvalue weighted by Gasteiger charge is 2.39. The van der Waals surface area contributed by atoms with Gasteiger partial charge in [0, 0.05) is 62.0 Å². The number of ether oxygens (including phenoxy) is 1. The summed E-state index contributed by atoms with van der Waals surface area (Å²) in [5.74, 6) is 4.01. The monoisotopic (exact) mass is 543 g/mol. The second kappa shape index (κ2) is 11.3. The SMILES string of the molecule is CC1(COc2c(N3CCN(SNCc4ccc(NN)cc4)CC3)cnn(-c3cc(F)cc(F)c3)c2=O)CC1. The summed E-state index contributed by atoms with van der Waals surface area (Å²) in [7, 11) is 0. The smallest absolute Gasteiger partial charge is 0.316 e. The van der Waals surface area contributed by atoms with Crippen LogP contribution in [-0.2, 0) is 6.54 Å². The Morgan fingerprint density at radius 2 is 1.76 bits per heavy atom. The van der Waals surface area contributed by atoms with Gasteiger partial charge in [-0.1, -0.05) is 19.1 Å². The van der Waals surface area contributed by atoms with Crippen LogP contribution in [0, 0.1) is 17.0 Å². The number of hydrazine groups is 1. The number of anilines is 2. The number of piperazine rings is 1. The standard InChI is InChI=1S/C26H31F2N7O2S/c1-26(6-7-26)17-37-24-23(16-30-35(25(24)36)22-13-19(27)12-20(28)14-22)33-8-10-34(11-9-33)38-31-15-18-2-4-21(32-29)5-3-18/h2-5,12-14,16,31-32H,6-11,15,17,29H2,1H3. The number of aromatic nitrogens is 2. The number of nitrogens with one attached hydrogen (secondary N) is 2. The van der Waals surface area contributed by atoms with Crippen LogP contribution in [0.3, 0.4) is 0 Å². The third kappa shape index (κ3) is 6.26. The van der Waals surface area contributed by atoms with Crippen molar-refractivity contribution in [3.05, 3.63) is 76.2 Å². The van der Waals surface area contributed by atoms with Gasteiger partial charge in [0.15, 0.2) is 0 Å². The van der Waals surface area contributed by atoms with Crippen LogP contribution in [0.5, 0.6) is 5.75 Å². The van der Waals surface area contributed by atoms with Gasteiger partial charge in [-0.15, -0.1) is 0 Å². The molecule has 0 radical (unpaired) electrons. The van der Waals surface area contributed by atoms with E-state index in [0.717, 1.165) is 60.1 Å². The molecular weight excluding hydrogens is 512 g/mol. The number of rotatable bonds is 10.